The van der Waals surface area contributed by atoms with E-state index in [1.165, 1.54) is 0 Å². The Morgan fingerprint density at radius 3 is 2.65 bits per heavy atom. The van der Waals surface area contributed by atoms with Crippen LogP contribution in [0.25, 0.3) is 22.2 Å². The number of hydrogen-bond acceptors (Lipinski definition) is 5. The average molecular weight is 350 g/mol. The van der Waals surface area contributed by atoms with Crippen molar-refractivity contribution in [2.75, 3.05) is 32.8 Å². The highest BCUT2D eigenvalue weighted by Gasteiger charge is 2.38. The smallest absolute Gasteiger partial charge is 0.206 e. The van der Waals surface area contributed by atoms with Gasteiger partial charge in [-0.1, -0.05) is 48.5 Å². The number of aliphatic hydroxyl groups excluding tert-OH is 1. The third kappa shape index (κ3) is 3.22. The van der Waals surface area contributed by atoms with Crippen LogP contribution in [0.3, 0.4) is 0 Å². The number of aliphatic hydroxyl groups is 2. The first kappa shape index (κ1) is 17.1. The Bertz CT molecular complexity index is 898. The lowest BCUT2D eigenvalue weighted by atomic mass is 9.96. The van der Waals surface area contributed by atoms with Crippen LogP contribution in [0, 0.1) is 0 Å². The number of pyridine rings is 1. The molecule has 2 aromatic carbocycles. The van der Waals surface area contributed by atoms with Crippen molar-refractivity contribution >= 4 is 10.9 Å². The summed E-state index contributed by atoms with van der Waals surface area (Å²) in [6.45, 7) is 1.99. The molecule has 4 rings (SSSR count). The van der Waals surface area contributed by atoms with Crippen molar-refractivity contribution in [3.05, 3.63) is 66.2 Å². The number of benzene rings is 2. The Balaban J connectivity index is 1.85. The molecule has 0 saturated carbocycles. The molecule has 134 valence electrons. The first-order valence-corrected chi connectivity index (χ1v) is 8.85. The summed E-state index contributed by atoms with van der Waals surface area (Å²) in [5.41, 5.74) is 3.33. The predicted octanol–water partition coefficient (Wildman–Crippen LogP) is 2.37. The molecule has 0 bridgehead atoms. The molecule has 0 aliphatic carbocycles. The van der Waals surface area contributed by atoms with Crippen molar-refractivity contribution in [2.24, 2.45) is 0 Å². The van der Waals surface area contributed by atoms with Gasteiger partial charge in [-0.25, -0.2) is 4.98 Å². The number of morpholine rings is 1. The summed E-state index contributed by atoms with van der Waals surface area (Å²) in [4.78, 5) is 6.78. The SMILES string of the molecule is OCCN1CCO[C@@](O)(c2cc(-c3ccccc3)nc3ccccc23)C1. The molecule has 5 heteroatoms. The fourth-order valence-corrected chi connectivity index (χ4v) is 3.52. The highest BCUT2D eigenvalue weighted by Crippen LogP contribution is 2.34. The largest absolute Gasteiger partial charge is 0.395 e. The molecule has 1 atom stereocenters. The van der Waals surface area contributed by atoms with Crippen molar-refractivity contribution in [1.82, 2.24) is 9.88 Å². The molecule has 26 heavy (non-hydrogen) atoms. The summed E-state index contributed by atoms with van der Waals surface area (Å²) in [7, 11) is 0. The summed E-state index contributed by atoms with van der Waals surface area (Å²) in [6.07, 6.45) is 0. The lowest BCUT2D eigenvalue weighted by Gasteiger charge is -2.39. The van der Waals surface area contributed by atoms with Gasteiger partial charge in [-0.15, -0.1) is 0 Å². The van der Waals surface area contributed by atoms with Crippen LogP contribution in [-0.2, 0) is 10.5 Å². The third-order valence-electron chi connectivity index (χ3n) is 4.81. The molecule has 1 fully saturated rings. The van der Waals surface area contributed by atoms with Crippen LogP contribution in [-0.4, -0.2) is 52.9 Å². The van der Waals surface area contributed by atoms with Gasteiger partial charge in [0.05, 0.1) is 31.0 Å². The second-order valence-electron chi connectivity index (χ2n) is 6.57. The highest BCUT2D eigenvalue weighted by atomic mass is 16.6. The van der Waals surface area contributed by atoms with Crippen molar-refractivity contribution in [3.63, 3.8) is 0 Å². The van der Waals surface area contributed by atoms with E-state index in [2.05, 4.69) is 0 Å². The lowest BCUT2D eigenvalue weighted by Crippen LogP contribution is -2.50. The topological polar surface area (TPSA) is 65.8 Å². The maximum Gasteiger partial charge on any atom is 0.206 e. The zero-order valence-corrected chi connectivity index (χ0v) is 14.5. The van der Waals surface area contributed by atoms with E-state index < -0.39 is 5.79 Å². The molecular formula is C21H22N2O3. The second kappa shape index (κ2) is 7.13. The number of ether oxygens (including phenoxy) is 1. The van der Waals surface area contributed by atoms with Gasteiger partial charge in [0.1, 0.15) is 0 Å². The van der Waals surface area contributed by atoms with Crippen LogP contribution >= 0.6 is 0 Å². The molecule has 2 heterocycles. The summed E-state index contributed by atoms with van der Waals surface area (Å²) >= 11 is 0. The predicted molar refractivity (Wildman–Crippen MR) is 101 cm³/mol. The van der Waals surface area contributed by atoms with Gasteiger partial charge in [-0.3, -0.25) is 4.90 Å². The molecule has 5 nitrogen and oxygen atoms in total. The minimum absolute atomic E-state index is 0.0580. The highest BCUT2D eigenvalue weighted by molar-refractivity contribution is 5.86. The monoisotopic (exact) mass is 350 g/mol. The molecular weight excluding hydrogens is 328 g/mol. The van der Waals surface area contributed by atoms with E-state index in [-0.39, 0.29) is 6.61 Å². The number of para-hydroxylation sites is 1. The van der Waals surface area contributed by atoms with E-state index in [1.807, 2.05) is 65.6 Å². The Morgan fingerprint density at radius 2 is 1.85 bits per heavy atom. The van der Waals surface area contributed by atoms with E-state index in [0.29, 0.717) is 31.8 Å². The van der Waals surface area contributed by atoms with E-state index in [1.54, 1.807) is 0 Å². The van der Waals surface area contributed by atoms with Crippen LogP contribution in [0.4, 0.5) is 0 Å². The molecule has 3 aromatic rings. The lowest BCUT2D eigenvalue weighted by molar-refractivity contribution is -0.247. The maximum atomic E-state index is 11.3. The Morgan fingerprint density at radius 1 is 1.08 bits per heavy atom. The van der Waals surface area contributed by atoms with E-state index in [0.717, 1.165) is 22.2 Å². The fourth-order valence-electron chi connectivity index (χ4n) is 3.52. The molecule has 1 aliphatic heterocycles. The summed E-state index contributed by atoms with van der Waals surface area (Å²) in [5, 5.41) is 21.5. The first-order valence-electron chi connectivity index (χ1n) is 8.85. The minimum Gasteiger partial charge on any atom is -0.395 e. The van der Waals surface area contributed by atoms with E-state index in [4.69, 9.17) is 9.72 Å². The molecule has 1 saturated heterocycles. The second-order valence-corrected chi connectivity index (χ2v) is 6.57. The number of hydrogen-bond donors (Lipinski definition) is 2. The number of nitrogens with zero attached hydrogens (tertiary/aromatic N) is 2. The minimum atomic E-state index is -1.43. The molecule has 0 amide bonds. The quantitative estimate of drug-likeness (QED) is 0.756. The van der Waals surface area contributed by atoms with Crippen molar-refractivity contribution in [2.45, 2.75) is 5.79 Å². The molecule has 2 N–H and O–H groups in total. The van der Waals surface area contributed by atoms with Gasteiger partial charge in [-0.05, 0) is 12.1 Å². The van der Waals surface area contributed by atoms with Crippen LogP contribution in [0.2, 0.25) is 0 Å². The van der Waals surface area contributed by atoms with Crippen molar-refractivity contribution in [3.8, 4) is 11.3 Å². The molecule has 0 spiro atoms. The Kier molecular flexibility index (Phi) is 4.70. The molecule has 0 unspecified atom stereocenters. The first-order chi connectivity index (χ1) is 12.7. The standard InChI is InChI=1S/C21H22N2O3/c24-12-10-23-11-13-26-21(25,15-23)18-14-20(16-6-2-1-3-7-16)22-19-9-5-4-8-17(18)19/h1-9,14,24-25H,10-13,15H2/t21-/m1/s1. The number of fused-ring (bicyclic) bond motifs is 1. The van der Waals surface area contributed by atoms with Gasteiger partial charge >= 0.3 is 0 Å². The van der Waals surface area contributed by atoms with E-state index in [9.17, 15) is 10.2 Å². The number of aromatic nitrogens is 1. The number of rotatable bonds is 4. The summed E-state index contributed by atoms with van der Waals surface area (Å²) in [5.74, 6) is -1.43. The molecule has 0 radical (unpaired) electrons. The maximum absolute atomic E-state index is 11.3. The molecule has 1 aliphatic rings. The Labute approximate surface area is 152 Å². The van der Waals surface area contributed by atoms with Crippen molar-refractivity contribution < 1.29 is 14.9 Å². The normalized spacial score (nSPS) is 21.2. The number of β-amino-alcohol motifs (C(OH)–C–C–N with tert-alkyl or cyclic N) is 2. The van der Waals surface area contributed by atoms with Crippen LogP contribution in [0.5, 0.6) is 0 Å². The van der Waals surface area contributed by atoms with Gasteiger partial charge in [-0.2, -0.15) is 0 Å². The zero-order chi connectivity index (χ0) is 18.0. The van der Waals surface area contributed by atoms with Crippen molar-refractivity contribution in [1.29, 1.82) is 0 Å². The summed E-state index contributed by atoms with van der Waals surface area (Å²) < 4.78 is 5.83. The van der Waals surface area contributed by atoms with Crippen LogP contribution in [0.15, 0.2) is 60.7 Å². The molecule has 1 aromatic heterocycles. The van der Waals surface area contributed by atoms with Gasteiger partial charge in [0.25, 0.3) is 0 Å². The fraction of sp³-hybridized carbons (Fsp3) is 0.286. The summed E-state index contributed by atoms with van der Waals surface area (Å²) in [6, 6.07) is 19.6. The van der Waals surface area contributed by atoms with Gasteiger partial charge in [0.2, 0.25) is 5.79 Å². The average Bonchev–Trinajstić information content (AvgIpc) is 2.68. The zero-order valence-electron chi connectivity index (χ0n) is 14.5. The van der Waals surface area contributed by atoms with Crippen LogP contribution < -0.4 is 0 Å². The van der Waals surface area contributed by atoms with Gasteiger partial charge in [0, 0.05) is 29.6 Å². The Hall–Kier alpha value is -2.31. The third-order valence-corrected chi connectivity index (χ3v) is 4.81. The van der Waals surface area contributed by atoms with Gasteiger partial charge < -0.3 is 14.9 Å². The van der Waals surface area contributed by atoms with Crippen LogP contribution in [0.1, 0.15) is 5.56 Å². The van der Waals surface area contributed by atoms with E-state index >= 15 is 0 Å². The van der Waals surface area contributed by atoms with Gasteiger partial charge in [0.15, 0.2) is 0 Å².